The summed E-state index contributed by atoms with van der Waals surface area (Å²) in [6.07, 6.45) is 3.38. The minimum atomic E-state index is 0.0116. The van der Waals surface area contributed by atoms with Gasteiger partial charge >= 0.3 is 0 Å². The van der Waals surface area contributed by atoms with Gasteiger partial charge in [-0.15, -0.1) is 0 Å². The number of hydrogen-bond donors (Lipinski definition) is 0. The lowest BCUT2D eigenvalue weighted by molar-refractivity contribution is 0.104. The highest BCUT2D eigenvalue weighted by atomic mass is 16.1. The first-order chi connectivity index (χ1) is 8.56. The molecule has 3 nitrogen and oxygen atoms in total. The summed E-state index contributed by atoms with van der Waals surface area (Å²) in [5.41, 5.74) is 3.67. The molecule has 1 aromatic carbocycles. The van der Waals surface area contributed by atoms with Crippen LogP contribution in [-0.4, -0.2) is 15.6 Å². The molecular formula is C15H16N2O. The summed E-state index contributed by atoms with van der Waals surface area (Å²) in [6, 6.07) is 9.53. The molecule has 3 heteroatoms. The highest BCUT2D eigenvalue weighted by Crippen LogP contribution is 2.08. The first-order valence-corrected chi connectivity index (χ1v) is 5.86. The van der Waals surface area contributed by atoms with E-state index in [-0.39, 0.29) is 5.78 Å². The molecule has 0 aliphatic heterocycles. The molecule has 1 heterocycles. The van der Waals surface area contributed by atoms with Crippen molar-refractivity contribution < 1.29 is 4.79 Å². The van der Waals surface area contributed by atoms with Crippen molar-refractivity contribution >= 4 is 11.9 Å². The van der Waals surface area contributed by atoms with Crippen molar-refractivity contribution in [1.82, 2.24) is 9.78 Å². The predicted octanol–water partition coefficient (Wildman–Crippen LogP) is 2.93. The molecule has 0 bridgehead atoms. The van der Waals surface area contributed by atoms with Crippen LogP contribution in [-0.2, 0) is 7.05 Å². The van der Waals surface area contributed by atoms with Gasteiger partial charge in [-0.2, -0.15) is 5.10 Å². The molecule has 2 aromatic rings. The Morgan fingerprint density at radius 3 is 2.67 bits per heavy atom. The number of rotatable bonds is 3. The highest BCUT2D eigenvalue weighted by Gasteiger charge is 2.02. The van der Waals surface area contributed by atoms with Crippen LogP contribution < -0.4 is 0 Å². The molecule has 2 rings (SSSR count). The Kier molecular flexibility index (Phi) is 3.42. The van der Waals surface area contributed by atoms with E-state index in [4.69, 9.17) is 0 Å². The zero-order chi connectivity index (χ0) is 13.1. The summed E-state index contributed by atoms with van der Waals surface area (Å²) in [6.45, 7) is 3.91. The molecule has 0 amide bonds. The molecule has 18 heavy (non-hydrogen) atoms. The lowest BCUT2D eigenvalue weighted by atomic mass is 10.1. The van der Waals surface area contributed by atoms with Crippen LogP contribution in [0.1, 0.15) is 27.3 Å². The molecule has 0 spiro atoms. The van der Waals surface area contributed by atoms with E-state index in [1.807, 2.05) is 51.2 Å². The van der Waals surface area contributed by atoms with E-state index in [9.17, 15) is 4.79 Å². The van der Waals surface area contributed by atoms with Crippen LogP contribution in [0.2, 0.25) is 0 Å². The summed E-state index contributed by atoms with van der Waals surface area (Å²) in [7, 11) is 1.86. The fourth-order valence-corrected chi connectivity index (χ4v) is 1.84. The monoisotopic (exact) mass is 240 g/mol. The van der Waals surface area contributed by atoms with Crippen LogP contribution in [0.15, 0.2) is 36.4 Å². The summed E-state index contributed by atoms with van der Waals surface area (Å²) >= 11 is 0. The molecule has 0 saturated heterocycles. The average Bonchev–Trinajstić information content (AvgIpc) is 2.65. The molecule has 0 atom stereocenters. The fraction of sp³-hybridized carbons (Fsp3) is 0.200. The highest BCUT2D eigenvalue weighted by molar-refractivity contribution is 6.06. The minimum absolute atomic E-state index is 0.0116. The van der Waals surface area contributed by atoms with Gasteiger partial charge in [-0.1, -0.05) is 23.8 Å². The topological polar surface area (TPSA) is 34.9 Å². The summed E-state index contributed by atoms with van der Waals surface area (Å²) in [5.74, 6) is 0.0116. The van der Waals surface area contributed by atoms with E-state index < -0.39 is 0 Å². The molecule has 0 aliphatic rings. The first kappa shape index (κ1) is 12.3. The summed E-state index contributed by atoms with van der Waals surface area (Å²) in [5, 5.41) is 4.23. The van der Waals surface area contributed by atoms with Gasteiger partial charge in [0.25, 0.3) is 0 Å². The predicted molar refractivity (Wildman–Crippen MR) is 72.5 cm³/mol. The minimum Gasteiger partial charge on any atom is -0.289 e. The maximum absolute atomic E-state index is 12.0. The van der Waals surface area contributed by atoms with Crippen molar-refractivity contribution in [2.45, 2.75) is 13.8 Å². The maximum Gasteiger partial charge on any atom is 0.185 e. The van der Waals surface area contributed by atoms with Crippen molar-refractivity contribution in [3.05, 3.63) is 58.9 Å². The normalized spacial score (nSPS) is 11.1. The zero-order valence-corrected chi connectivity index (χ0v) is 10.8. The largest absolute Gasteiger partial charge is 0.289 e. The lowest BCUT2D eigenvalue weighted by Gasteiger charge is -1.97. The van der Waals surface area contributed by atoms with E-state index >= 15 is 0 Å². The Hall–Kier alpha value is -2.16. The molecule has 0 saturated carbocycles. The number of ketones is 1. The van der Waals surface area contributed by atoms with E-state index in [0.717, 1.165) is 17.0 Å². The number of aromatic nitrogens is 2. The number of carbonyl (C=O) groups excluding carboxylic acids is 1. The third kappa shape index (κ3) is 2.74. The van der Waals surface area contributed by atoms with Crippen molar-refractivity contribution in [3.8, 4) is 0 Å². The van der Waals surface area contributed by atoms with Crippen LogP contribution in [0.3, 0.4) is 0 Å². The number of nitrogens with zero attached hydrogens (tertiary/aromatic N) is 2. The Morgan fingerprint density at radius 2 is 2.06 bits per heavy atom. The van der Waals surface area contributed by atoms with E-state index in [0.29, 0.717) is 5.56 Å². The van der Waals surface area contributed by atoms with Crippen molar-refractivity contribution in [1.29, 1.82) is 0 Å². The van der Waals surface area contributed by atoms with E-state index in [2.05, 4.69) is 5.10 Å². The van der Waals surface area contributed by atoms with Crippen LogP contribution in [0.4, 0.5) is 0 Å². The number of allylic oxidation sites excluding steroid dienone is 1. The molecular weight excluding hydrogens is 224 g/mol. The third-order valence-corrected chi connectivity index (χ3v) is 2.75. The van der Waals surface area contributed by atoms with Gasteiger partial charge in [-0.05, 0) is 38.1 Å². The van der Waals surface area contributed by atoms with Gasteiger partial charge < -0.3 is 0 Å². The Bertz CT molecular complexity index is 609. The van der Waals surface area contributed by atoms with Crippen molar-refractivity contribution in [2.75, 3.05) is 0 Å². The zero-order valence-electron chi connectivity index (χ0n) is 10.8. The van der Waals surface area contributed by atoms with E-state index in [1.165, 1.54) is 0 Å². The fourth-order valence-electron chi connectivity index (χ4n) is 1.84. The van der Waals surface area contributed by atoms with Crippen molar-refractivity contribution in [2.24, 2.45) is 7.05 Å². The Balaban J connectivity index is 2.19. The lowest BCUT2D eigenvalue weighted by Crippen LogP contribution is -1.96. The summed E-state index contributed by atoms with van der Waals surface area (Å²) < 4.78 is 1.76. The van der Waals surface area contributed by atoms with Gasteiger partial charge in [0.05, 0.1) is 11.4 Å². The maximum atomic E-state index is 12.0. The second-order valence-electron chi connectivity index (χ2n) is 4.40. The summed E-state index contributed by atoms with van der Waals surface area (Å²) in [4.78, 5) is 12.0. The Labute approximate surface area is 107 Å². The molecule has 92 valence electrons. The Morgan fingerprint density at radius 1 is 1.28 bits per heavy atom. The van der Waals surface area contributed by atoms with Gasteiger partial charge in [0, 0.05) is 12.6 Å². The SMILES string of the molecule is Cc1cccc(C(=O)/C=C/c2cc(C)nn2C)c1. The number of hydrogen-bond acceptors (Lipinski definition) is 2. The molecule has 0 fully saturated rings. The second-order valence-corrected chi connectivity index (χ2v) is 4.40. The van der Waals surface area contributed by atoms with Gasteiger partial charge in [-0.25, -0.2) is 0 Å². The van der Waals surface area contributed by atoms with Gasteiger partial charge in [0.15, 0.2) is 5.78 Å². The molecule has 0 N–H and O–H groups in total. The first-order valence-electron chi connectivity index (χ1n) is 5.86. The number of aryl methyl sites for hydroxylation is 3. The van der Waals surface area contributed by atoms with Gasteiger partial charge in [-0.3, -0.25) is 9.48 Å². The van der Waals surface area contributed by atoms with E-state index in [1.54, 1.807) is 16.8 Å². The van der Waals surface area contributed by atoms with Crippen LogP contribution in [0, 0.1) is 13.8 Å². The van der Waals surface area contributed by atoms with Crippen LogP contribution >= 0.6 is 0 Å². The third-order valence-electron chi connectivity index (χ3n) is 2.75. The van der Waals surface area contributed by atoms with Gasteiger partial charge in [0.2, 0.25) is 0 Å². The standard InChI is InChI=1S/C15H16N2O/c1-11-5-4-6-13(9-11)15(18)8-7-14-10-12(2)16-17(14)3/h4-10H,1-3H3/b8-7+. The molecule has 1 aromatic heterocycles. The average molecular weight is 240 g/mol. The number of carbonyl (C=O) groups is 1. The number of benzene rings is 1. The smallest absolute Gasteiger partial charge is 0.185 e. The van der Waals surface area contributed by atoms with Crippen molar-refractivity contribution in [3.63, 3.8) is 0 Å². The quantitative estimate of drug-likeness (QED) is 0.610. The molecule has 0 unspecified atom stereocenters. The van der Waals surface area contributed by atoms with Crippen LogP contribution in [0.25, 0.3) is 6.08 Å². The van der Waals surface area contributed by atoms with Gasteiger partial charge in [0.1, 0.15) is 0 Å². The molecule has 0 radical (unpaired) electrons. The second kappa shape index (κ2) is 5.00. The molecule has 0 aliphatic carbocycles. The van der Waals surface area contributed by atoms with Crippen LogP contribution in [0.5, 0.6) is 0 Å².